The van der Waals surface area contributed by atoms with Crippen LogP contribution < -0.4 is 5.32 Å². The van der Waals surface area contributed by atoms with E-state index < -0.39 is 0 Å². The number of hydrogen-bond donors (Lipinski definition) is 1. The van der Waals surface area contributed by atoms with E-state index in [1.54, 1.807) is 0 Å². The SMILES string of the molecule is CC(C)c1ccc(Nc2nnc(SCC(=O)C(C)(C)C)s2)cc1. The summed E-state index contributed by atoms with van der Waals surface area (Å²) in [6, 6.07) is 8.33. The standard InChI is InChI=1S/C17H23N3OS2/c1-11(2)12-6-8-13(9-7-12)18-15-19-20-16(23-15)22-10-14(21)17(3,4)5/h6-9,11H,10H2,1-5H3,(H,18,19). The number of rotatable bonds is 6. The van der Waals surface area contributed by atoms with E-state index in [0.29, 0.717) is 11.7 Å². The van der Waals surface area contributed by atoms with Gasteiger partial charge in [0.2, 0.25) is 5.13 Å². The maximum Gasteiger partial charge on any atom is 0.210 e. The molecule has 4 nitrogen and oxygen atoms in total. The zero-order valence-corrected chi connectivity index (χ0v) is 15.8. The number of hydrogen-bond acceptors (Lipinski definition) is 6. The van der Waals surface area contributed by atoms with Crippen molar-refractivity contribution in [3.8, 4) is 0 Å². The maximum atomic E-state index is 11.9. The van der Waals surface area contributed by atoms with Crippen molar-refractivity contribution in [1.29, 1.82) is 0 Å². The zero-order chi connectivity index (χ0) is 17.0. The molecule has 2 rings (SSSR count). The van der Waals surface area contributed by atoms with E-state index in [1.807, 2.05) is 32.9 Å². The Balaban J connectivity index is 1.93. The molecule has 1 aromatic carbocycles. The van der Waals surface area contributed by atoms with Crippen LogP contribution in [0, 0.1) is 5.41 Å². The molecule has 2 aromatic rings. The molecule has 0 bridgehead atoms. The van der Waals surface area contributed by atoms with Gasteiger partial charge in [0.05, 0.1) is 5.75 Å². The highest BCUT2D eigenvalue weighted by molar-refractivity contribution is 8.01. The number of aromatic nitrogens is 2. The molecule has 0 atom stereocenters. The Labute approximate surface area is 146 Å². The summed E-state index contributed by atoms with van der Waals surface area (Å²) in [6.07, 6.45) is 0. The molecule has 6 heteroatoms. The monoisotopic (exact) mass is 349 g/mol. The second-order valence-electron chi connectivity index (χ2n) is 6.74. The number of carbonyl (C=O) groups excluding carboxylic acids is 1. The Morgan fingerprint density at radius 1 is 1.22 bits per heavy atom. The minimum atomic E-state index is -0.309. The Morgan fingerprint density at radius 2 is 1.87 bits per heavy atom. The number of nitrogens with zero attached hydrogens (tertiary/aromatic N) is 2. The van der Waals surface area contributed by atoms with Crippen molar-refractivity contribution in [2.24, 2.45) is 5.41 Å². The highest BCUT2D eigenvalue weighted by Gasteiger charge is 2.21. The molecule has 0 spiro atoms. The van der Waals surface area contributed by atoms with E-state index in [9.17, 15) is 4.79 Å². The molecule has 1 N–H and O–H groups in total. The topological polar surface area (TPSA) is 54.9 Å². The lowest BCUT2D eigenvalue weighted by Gasteiger charge is -2.15. The van der Waals surface area contributed by atoms with Crippen LogP contribution in [0.15, 0.2) is 28.6 Å². The second kappa shape index (κ2) is 7.45. The maximum absolute atomic E-state index is 11.9. The molecule has 1 heterocycles. The van der Waals surface area contributed by atoms with Crippen LogP contribution in [-0.4, -0.2) is 21.7 Å². The van der Waals surface area contributed by atoms with Gasteiger partial charge in [-0.3, -0.25) is 4.79 Å². The Kier molecular flexibility index (Phi) is 5.81. The lowest BCUT2D eigenvalue weighted by atomic mass is 9.92. The van der Waals surface area contributed by atoms with Gasteiger partial charge in [-0.15, -0.1) is 10.2 Å². The van der Waals surface area contributed by atoms with Crippen LogP contribution in [0.5, 0.6) is 0 Å². The first-order valence-corrected chi connectivity index (χ1v) is 9.42. The van der Waals surface area contributed by atoms with Crippen molar-refractivity contribution in [3.63, 3.8) is 0 Å². The summed E-state index contributed by atoms with van der Waals surface area (Å²) in [5, 5.41) is 12.3. The molecule has 0 saturated carbocycles. The fraction of sp³-hybridized carbons (Fsp3) is 0.471. The first-order chi connectivity index (χ1) is 10.8. The summed E-state index contributed by atoms with van der Waals surface area (Å²) in [4.78, 5) is 11.9. The van der Waals surface area contributed by atoms with Crippen LogP contribution in [0.25, 0.3) is 0 Å². The first-order valence-electron chi connectivity index (χ1n) is 7.62. The molecular formula is C17H23N3OS2. The lowest BCUT2D eigenvalue weighted by Crippen LogP contribution is -2.21. The molecule has 0 amide bonds. The molecular weight excluding hydrogens is 326 g/mol. The van der Waals surface area contributed by atoms with Crippen molar-refractivity contribution in [3.05, 3.63) is 29.8 Å². The first kappa shape index (κ1) is 17.9. The molecule has 0 aliphatic rings. The van der Waals surface area contributed by atoms with Gasteiger partial charge in [-0.05, 0) is 23.6 Å². The normalized spacial score (nSPS) is 11.7. The number of thioether (sulfide) groups is 1. The van der Waals surface area contributed by atoms with Crippen LogP contribution in [-0.2, 0) is 4.79 Å². The lowest BCUT2D eigenvalue weighted by molar-refractivity contribution is -0.123. The molecule has 0 radical (unpaired) electrons. The molecule has 0 saturated heterocycles. The number of Topliss-reactive ketones (excluding diaryl/α,β-unsaturated/α-hetero) is 1. The second-order valence-corrected chi connectivity index (χ2v) is 8.94. The van der Waals surface area contributed by atoms with Crippen molar-refractivity contribution < 1.29 is 4.79 Å². The van der Waals surface area contributed by atoms with E-state index in [0.717, 1.165) is 15.2 Å². The zero-order valence-electron chi connectivity index (χ0n) is 14.2. The third-order valence-electron chi connectivity index (χ3n) is 3.40. The Hall–Kier alpha value is -1.40. The molecule has 0 aliphatic carbocycles. The highest BCUT2D eigenvalue weighted by atomic mass is 32.2. The predicted octanol–water partition coefficient (Wildman–Crippen LogP) is 5.11. The molecule has 0 unspecified atom stereocenters. The van der Waals surface area contributed by atoms with Gasteiger partial charge in [0.1, 0.15) is 5.78 Å². The third kappa shape index (κ3) is 5.32. The van der Waals surface area contributed by atoms with Gasteiger partial charge in [-0.2, -0.15) is 0 Å². The van der Waals surface area contributed by atoms with Gasteiger partial charge < -0.3 is 5.32 Å². The average molecular weight is 350 g/mol. The summed E-state index contributed by atoms with van der Waals surface area (Å²) in [7, 11) is 0. The third-order valence-corrected chi connectivity index (χ3v) is 5.37. The van der Waals surface area contributed by atoms with E-state index in [4.69, 9.17) is 0 Å². The van der Waals surface area contributed by atoms with Crippen LogP contribution in [0.1, 0.15) is 46.1 Å². The highest BCUT2D eigenvalue weighted by Crippen LogP contribution is 2.29. The Bertz CT molecular complexity index is 657. The van der Waals surface area contributed by atoms with Crippen molar-refractivity contribution in [2.45, 2.75) is 44.9 Å². The van der Waals surface area contributed by atoms with Gasteiger partial charge in [0.25, 0.3) is 0 Å². The van der Waals surface area contributed by atoms with E-state index in [-0.39, 0.29) is 11.2 Å². The largest absolute Gasteiger partial charge is 0.330 e. The van der Waals surface area contributed by atoms with Gasteiger partial charge in [0, 0.05) is 11.1 Å². The number of nitrogens with one attached hydrogen (secondary N) is 1. The van der Waals surface area contributed by atoms with Crippen LogP contribution >= 0.6 is 23.1 Å². The van der Waals surface area contributed by atoms with Crippen molar-refractivity contribution in [1.82, 2.24) is 10.2 Å². The van der Waals surface area contributed by atoms with Crippen molar-refractivity contribution in [2.75, 3.05) is 11.1 Å². The summed E-state index contributed by atoms with van der Waals surface area (Å²) >= 11 is 2.92. The fourth-order valence-electron chi connectivity index (χ4n) is 1.74. The number of ketones is 1. The summed E-state index contributed by atoms with van der Waals surface area (Å²) in [5.74, 6) is 1.17. The molecule has 0 fully saturated rings. The van der Waals surface area contributed by atoms with E-state index >= 15 is 0 Å². The van der Waals surface area contributed by atoms with Gasteiger partial charge >= 0.3 is 0 Å². The van der Waals surface area contributed by atoms with Crippen molar-refractivity contribution >= 4 is 39.7 Å². The number of carbonyl (C=O) groups is 1. The van der Waals surface area contributed by atoms with Crippen LogP contribution in [0.2, 0.25) is 0 Å². The van der Waals surface area contributed by atoms with Crippen LogP contribution in [0.4, 0.5) is 10.8 Å². The number of anilines is 2. The minimum absolute atomic E-state index is 0.219. The van der Waals surface area contributed by atoms with Gasteiger partial charge in [-0.1, -0.05) is 69.9 Å². The smallest absolute Gasteiger partial charge is 0.210 e. The predicted molar refractivity (Wildman–Crippen MR) is 98.9 cm³/mol. The van der Waals surface area contributed by atoms with Gasteiger partial charge in [0.15, 0.2) is 4.34 Å². The number of benzene rings is 1. The van der Waals surface area contributed by atoms with Crippen LogP contribution in [0.3, 0.4) is 0 Å². The molecule has 0 aliphatic heterocycles. The fourth-order valence-corrected chi connectivity index (χ4v) is 3.67. The van der Waals surface area contributed by atoms with E-state index in [1.165, 1.54) is 28.7 Å². The molecule has 23 heavy (non-hydrogen) atoms. The summed E-state index contributed by atoms with van der Waals surface area (Å²) in [6.45, 7) is 10.2. The Morgan fingerprint density at radius 3 is 2.43 bits per heavy atom. The quantitative estimate of drug-likeness (QED) is 0.734. The van der Waals surface area contributed by atoms with E-state index in [2.05, 4.69) is 41.5 Å². The van der Waals surface area contributed by atoms with Gasteiger partial charge in [-0.25, -0.2) is 0 Å². The minimum Gasteiger partial charge on any atom is -0.330 e. The summed E-state index contributed by atoms with van der Waals surface area (Å²) < 4.78 is 0.809. The summed E-state index contributed by atoms with van der Waals surface area (Å²) in [5.41, 5.74) is 1.99. The molecule has 1 aromatic heterocycles. The molecule has 124 valence electrons. The average Bonchev–Trinajstić information content (AvgIpc) is 2.91.